The van der Waals surface area contributed by atoms with Crippen molar-refractivity contribution >= 4 is 21.9 Å². The van der Waals surface area contributed by atoms with Crippen LogP contribution in [0.25, 0.3) is 0 Å². The van der Waals surface area contributed by atoms with E-state index >= 15 is 0 Å². The van der Waals surface area contributed by atoms with Gasteiger partial charge in [0.05, 0.1) is 24.7 Å². The van der Waals surface area contributed by atoms with Gasteiger partial charge in [-0.1, -0.05) is 6.07 Å². The first-order valence-electron chi connectivity index (χ1n) is 5.64. The van der Waals surface area contributed by atoms with Gasteiger partial charge in [-0.05, 0) is 18.2 Å². The molecule has 0 saturated heterocycles. The van der Waals surface area contributed by atoms with E-state index in [0.29, 0.717) is 0 Å². The zero-order valence-electron chi connectivity index (χ0n) is 11.2. The number of nitrogens with one attached hydrogen (secondary N) is 2. The highest BCUT2D eigenvalue weighted by Crippen LogP contribution is 2.16. The van der Waals surface area contributed by atoms with Crippen molar-refractivity contribution in [2.45, 2.75) is 4.90 Å². The molecule has 112 valence electrons. The maximum atomic E-state index is 12.2. The Kier molecular flexibility index (Phi) is 4.08. The monoisotopic (exact) mass is 312 g/mol. The predicted octanol–water partition coefficient (Wildman–Crippen LogP) is 0.401. The van der Waals surface area contributed by atoms with Crippen LogP contribution in [0.1, 0.15) is 10.4 Å². The van der Waals surface area contributed by atoms with Crippen molar-refractivity contribution in [2.75, 3.05) is 18.9 Å². The number of nitrogens with zero attached hydrogens (tertiary/aromatic N) is 2. The van der Waals surface area contributed by atoms with Gasteiger partial charge in [0.15, 0.2) is 0 Å². The van der Waals surface area contributed by atoms with Crippen molar-refractivity contribution in [3.8, 4) is 6.01 Å². The number of H-pyrrole nitrogens is 1. The van der Waals surface area contributed by atoms with Gasteiger partial charge in [0, 0.05) is 0 Å². The van der Waals surface area contributed by atoms with E-state index in [1.54, 1.807) is 0 Å². The fourth-order valence-corrected chi connectivity index (χ4v) is 2.48. The molecule has 0 aliphatic carbocycles. The molecule has 21 heavy (non-hydrogen) atoms. The summed E-state index contributed by atoms with van der Waals surface area (Å²) in [5.74, 6) is -0.733. The van der Waals surface area contributed by atoms with Crippen LogP contribution >= 0.6 is 0 Å². The minimum Gasteiger partial charge on any atom is -0.466 e. The molecule has 2 N–H and O–H groups in total. The maximum absolute atomic E-state index is 12.2. The molecule has 10 heteroatoms. The topological polar surface area (TPSA) is 123 Å². The van der Waals surface area contributed by atoms with Gasteiger partial charge < -0.3 is 9.47 Å². The zero-order chi connectivity index (χ0) is 15.5. The predicted molar refractivity (Wildman–Crippen MR) is 71.5 cm³/mol. The summed E-state index contributed by atoms with van der Waals surface area (Å²) in [6, 6.07) is 5.41. The maximum Gasteiger partial charge on any atom is 0.337 e. The molecule has 0 aliphatic heterocycles. The van der Waals surface area contributed by atoms with Gasteiger partial charge in [-0.25, -0.2) is 23.0 Å². The van der Waals surface area contributed by atoms with E-state index in [1.165, 1.54) is 38.5 Å². The third-order valence-corrected chi connectivity index (χ3v) is 3.78. The number of carbonyl (C=O) groups excluding carboxylic acids is 1. The van der Waals surface area contributed by atoms with Crippen LogP contribution in [-0.4, -0.2) is 43.8 Å². The number of anilines is 1. The lowest BCUT2D eigenvalue weighted by atomic mass is 10.2. The number of aromatic amines is 1. The van der Waals surface area contributed by atoms with E-state index in [-0.39, 0.29) is 22.4 Å². The lowest BCUT2D eigenvalue weighted by molar-refractivity contribution is 0.0600. The van der Waals surface area contributed by atoms with Crippen molar-refractivity contribution in [1.82, 2.24) is 15.2 Å². The fraction of sp³-hybridized carbons (Fsp3) is 0.182. The summed E-state index contributed by atoms with van der Waals surface area (Å²) in [5, 5.41) is 5.98. The van der Waals surface area contributed by atoms with Gasteiger partial charge in [-0.15, -0.1) is 5.10 Å². The molecule has 0 atom stereocenters. The van der Waals surface area contributed by atoms with E-state index in [1.807, 2.05) is 0 Å². The molecule has 2 rings (SSSR count). The first-order chi connectivity index (χ1) is 9.96. The van der Waals surface area contributed by atoms with Crippen molar-refractivity contribution in [3.63, 3.8) is 0 Å². The number of rotatable bonds is 5. The number of esters is 1. The molecule has 0 saturated carbocycles. The molecule has 0 spiro atoms. The largest absolute Gasteiger partial charge is 0.466 e. The Balaban J connectivity index is 2.29. The van der Waals surface area contributed by atoms with Crippen molar-refractivity contribution in [1.29, 1.82) is 0 Å². The first kappa shape index (κ1) is 14.8. The molecule has 1 heterocycles. The summed E-state index contributed by atoms with van der Waals surface area (Å²) in [7, 11) is -1.36. The average Bonchev–Trinajstić information content (AvgIpc) is 2.93. The quantitative estimate of drug-likeness (QED) is 0.766. The molecule has 0 bridgehead atoms. The molecule has 9 nitrogen and oxygen atoms in total. The zero-order valence-corrected chi connectivity index (χ0v) is 12.0. The molecule has 0 aliphatic rings. The highest BCUT2D eigenvalue weighted by atomic mass is 32.2. The van der Waals surface area contributed by atoms with Crippen molar-refractivity contribution in [3.05, 3.63) is 29.8 Å². The Morgan fingerprint density at radius 1 is 1.33 bits per heavy atom. The summed E-state index contributed by atoms with van der Waals surface area (Å²) in [6.07, 6.45) is 0. The fourth-order valence-electron chi connectivity index (χ4n) is 1.48. The molecule has 0 amide bonds. The molecule has 0 radical (unpaired) electrons. The van der Waals surface area contributed by atoms with Crippen LogP contribution in [0, 0.1) is 0 Å². The summed E-state index contributed by atoms with van der Waals surface area (Å²) in [6.45, 7) is 0. The van der Waals surface area contributed by atoms with E-state index < -0.39 is 16.0 Å². The van der Waals surface area contributed by atoms with Gasteiger partial charge in [0.25, 0.3) is 10.0 Å². The average molecular weight is 312 g/mol. The number of methoxy groups -OCH3 is 2. The van der Waals surface area contributed by atoms with Gasteiger partial charge in [-0.2, -0.15) is 4.98 Å². The van der Waals surface area contributed by atoms with Crippen LogP contribution in [-0.2, 0) is 14.8 Å². The summed E-state index contributed by atoms with van der Waals surface area (Å²) < 4.78 is 35.8. The lowest BCUT2D eigenvalue weighted by Gasteiger charge is -2.06. The smallest absolute Gasteiger partial charge is 0.337 e. The van der Waals surface area contributed by atoms with E-state index in [4.69, 9.17) is 4.74 Å². The molecule has 0 fully saturated rings. The number of benzene rings is 1. The van der Waals surface area contributed by atoms with Crippen LogP contribution in [0.5, 0.6) is 6.01 Å². The van der Waals surface area contributed by atoms with E-state index in [9.17, 15) is 13.2 Å². The Bertz CT molecular complexity index is 755. The van der Waals surface area contributed by atoms with E-state index in [2.05, 4.69) is 24.6 Å². The molecule has 2 aromatic rings. The molecule has 1 aromatic heterocycles. The Morgan fingerprint density at radius 3 is 2.71 bits per heavy atom. The number of carbonyl (C=O) groups is 1. The minimum atomic E-state index is -3.92. The van der Waals surface area contributed by atoms with Crippen LogP contribution in [0.2, 0.25) is 0 Å². The third kappa shape index (κ3) is 3.28. The highest BCUT2D eigenvalue weighted by molar-refractivity contribution is 7.92. The number of ether oxygens (including phenoxy) is 2. The molecular formula is C11H12N4O5S. The Labute approximate surface area is 120 Å². The second-order valence-corrected chi connectivity index (χ2v) is 5.48. The minimum absolute atomic E-state index is 0.00369. The summed E-state index contributed by atoms with van der Waals surface area (Å²) in [5.41, 5.74) is 0.121. The SMILES string of the molecule is COC(=O)c1cccc(S(=O)(=O)Nc2nc(OC)n[nH]2)c1. The van der Waals surface area contributed by atoms with Gasteiger partial charge in [-0.3, -0.25) is 0 Å². The third-order valence-electron chi connectivity index (χ3n) is 2.44. The van der Waals surface area contributed by atoms with Gasteiger partial charge in [0.2, 0.25) is 5.95 Å². The number of hydrogen-bond acceptors (Lipinski definition) is 7. The molecular weight excluding hydrogens is 300 g/mol. The second-order valence-electron chi connectivity index (χ2n) is 3.80. The highest BCUT2D eigenvalue weighted by Gasteiger charge is 2.18. The molecule has 1 aromatic carbocycles. The van der Waals surface area contributed by atoms with Crippen molar-refractivity contribution in [2.24, 2.45) is 0 Å². The lowest BCUT2D eigenvalue weighted by Crippen LogP contribution is -2.15. The van der Waals surface area contributed by atoms with Crippen LogP contribution < -0.4 is 9.46 Å². The first-order valence-corrected chi connectivity index (χ1v) is 7.12. The van der Waals surface area contributed by atoms with Gasteiger partial charge in [0.1, 0.15) is 0 Å². The molecule has 0 unspecified atom stereocenters. The Hall–Kier alpha value is -2.62. The van der Waals surface area contributed by atoms with Crippen LogP contribution in [0.3, 0.4) is 0 Å². The number of aromatic nitrogens is 3. The summed E-state index contributed by atoms with van der Waals surface area (Å²) in [4.78, 5) is 15.0. The second kappa shape index (κ2) is 5.79. The summed E-state index contributed by atoms with van der Waals surface area (Å²) >= 11 is 0. The van der Waals surface area contributed by atoms with Crippen LogP contribution in [0.4, 0.5) is 5.95 Å². The van der Waals surface area contributed by atoms with E-state index in [0.717, 1.165) is 0 Å². The Morgan fingerprint density at radius 2 is 2.10 bits per heavy atom. The number of hydrogen-bond donors (Lipinski definition) is 2. The van der Waals surface area contributed by atoms with Gasteiger partial charge >= 0.3 is 12.0 Å². The number of sulfonamides is 1. The van der Waals surface area contributed by atoms with Crippen LogP contribution in [0.15, 0.2) is 29.2 Å². The van der Waals surface area contributed by atoms with Crippen molar-refractivity contribution < 1.29 is 22.7 Å². The standard InChI is InChI=1S/C11H12N4O5S/c1-19-9(16)7-4-3-5-8(6-7)21(17,18)15-10-12-11(20-2)14-13-10/h3-6H,1-2H3,(H2,12,13,14,15). The normalized spacial score (nSPS) is 11.0.